The lowest BCUT2D eigenvalue weighted by Gasteiger charge is -2.31. The first-order valence-corrected chi connectivity index (χ1v) is 6.68. The topological polar surface area (TPSA) is 62.2 Å². The van der Waals surface area contributed by atoms with Crippen molar-refractivity contribution in [2.45, 2.75) is 33.2 Å². The molecule has 1 amide bonds. The van der Waals surface area contributed by atoms with Crippen LogP contribution in [0, 0.1) is 5.41 Å². The van der Waals surface area contributed by atoms with Gasteiger partial charge in [0, 0.05) is 18.8 Å². The zero-order chi connectivity index (χ0) is 13.8. The molecule has 0 fully saturated rings. The molecule has 4 nitrogen and oxygen atoms in total. The average molecular weight is 315 g/mol. The summed E-state index contributed by atoms with van der Waals surface area (Å²) in [5.41, 5.74) is 0.400. The number of carbonyl (C=O) groups excluding carboxylic acids is 1. The first kappa shape index (κ1) is 15.1. The maximum absolute atomic E-state index is 12.1. The summed E-state index contributed by atoms with van der Waals surface area (Å²) < 4.78 is 0.527. The molecule has 1 heterocycles. The minimum Gasteiger partial charge on any atom is -0.396 e. The van der Waals surface area contributed by atoms with Crippen LogP contribution >= 0.6 is 15.9 Å². The highest BCUT2D eigenvalue weighted by Crippen LogP contribution is 2.22. The van der Waals surface area contributed by atoms with E-state index in [1.165, 1.54) is 0 Å². The summed E-state index contributed by atoms with van der Waals surface area (Å²) in [6, 6.07) is 3.35. The second-order valence-electron chi connectivity index (χ2n) is 5.25. The fourth-order valence-electron chi connectivity index (χ4n) is 1.64. The normalized spacial score (nSPS) is 13.2. The minimum atomic E-state index is -0.177. The van der Waals surface area contributed by atoms with Crippen molar-refractivity contribution in [2.75, 3.05) is 6.61 Å². The summed E-state index contributed by atoms with van der Waals surface area (Å²) in [6.45, 7) is 6.15. The van der Waals surface area contributed by atoms with Crippen molar-refractivity contribution in [3.05, 3.63) is 28.5 Å². The quantitative estimate of drug-likeness (QED) is 0.839. The lowest BCUT2D eigenvalue weighted by atomic mass is 9.85. The average Bonchev–Trinajstić information content (AvgIpc) is 2.27. The Labute approximate surface area is 116 Å². The number of rotatable bonds is 4. The number of nitrogens with one attached hydrogen (secondary N) is 1. The van der Waals surface area contributed by atoms with Crippen molar-refractivity contribution in [2.24, 2.45) is 5.41 Å². The molecule has 0 aliphatic heterocycles. The highest BCUT2D eigenvalue weighted by Gasteiger charge is 2.26. The van der Waals surface area contributed by atoms with Crippen molar-refractivity contribution >= 4 is 21.8 Å². The number of hydrogen-bond acceptors (Lipinski definition) is 3. The predicted molar refractivity (Wildman–Crippen MR) is 74.3 cm³/mol. The number of amides is 1. The van der Waals surface area contributed by atoms with Crippen LogP contribution in [0.25, 0.3) is 0 Å². The Morgan fingerprint density at radius 1 is 1.56 bits per heavy atom. The van der Waals surface area contributed by atoms with E-state index in [0.717, 1.165) is 0 Å². The van der Waals surface area contributed by atoms with Crippen LogP contribution < -0.4 is 5.32 Å². The molecular weight excluding hydrogens is 296 g/mol. The zero-order valence-corrected chi connectivity index (χ0v) is 12.5. The monoisotopic (exact) mass is 314 g/mol. The van der Waals surface area contributed by atoms with Gasteiger partial charge in [0.05, 0.1) is 5.56 Å². The summed E-state index contributed by atoms with van der Waals surface area (Å²) in [6.07, 6.45) is 2.16. The van der Waals surface area contributed by atoms with Crippen LogP contribution in [0.2, 0.25) is 0 Å². The molecule has 0 aromatic carbocycles. The molecule has 1 unspecified atom stereocenters. The smallest absolute Gasteiger partial charge is 0.254 e. The van der Waals surface area contributed by atoms with E-state index in [0.29, 0.717) is 16.6 Å². The number of aromatic nitrogens is 1. The van der Waals surface area contributed by atoms with Gasteiger partial charge in [0.1, 0.15) is 4.60 Å². The van der Waals surface area contributed by atoms with E-state index in [4.69, 9.17) is 5.11 Å². The minimum absolute atomic E-state index is 0.0520. The molecule has 0 aliphatic carbocycles. The summed E-state index contributed by atoms with van der Waals surface area (Å²) in [4.78, 5) is 16.2. The molecular formula is C13H19BrN2O2. The molecule has 0 spiro atoms. The molecule has 0 radical (unpaired) electrons. The van der Waals surface area contributed by atoms with E-state index in [1.54, 1.807) is 18.3 Å². The Morgan fingerprint density at radius 3 is 2.72 bits per heavy atom. The maximum atomic E-state index is 12.1. The molecule has 0 bridgehead atoms. The lowest BCUT2D eigenvalue weighted by Crippen LogP contribution is -2.44. The van der Waals surface area contributed by atoms with Crippen LogP contribution in [0.1, 0.15) is 37.6 Å². The first-order valence-electron chi connectivity index (χ1n) is 5.88. The largest absolute Gasteiger partial charge is 0.396 e. The van der Waals surface area contributed by atoms with E-state index >= 15 is 0 Å². The molecule has 0 saturated carbocycles. The Morgan fingerprint density at radius 2 is 2.22 bits per heavy atom. The molecule has 5 heteroatoms. The highest BCUT2D eigenvalue weighted by atomic mass is 79.9. The molecule has 2 N–H and O–H groups in total. The van der Waals surface area contributed by atoms with Gasteiger partial charge in [0.25, 0.3) is 5.91 Å². The number of halogens is 1. The van der Waals surface area contributed by atoms with Gasteiger partial charge in [-0.25, -0.2) is 4.98 Å². The summed E-state index contributed by atoms with van der Waals surface area (Å²) in [5, 5.41) is 12.0. The summed E-state index contributed by atoms with van der Waals surface area (Å²) in [5.74, 6) is -0.177. The third kappa shape index (κ3) is 4.07. The van der Waals surface area contributed by atoms with E-state index in [-0.39, 0.29) is 24.0 Å². The molecule has 0 saturated heterocycles. The van der Waals surface area contributed by atoms with Gasteiger partial charge in [-0.3, -0.25) is 4.79 Å². The maximum Gasteiger partial charge on any atom is 0.254 e. The van der Waals surface area contributed by atoms with Gasteiger partial charge in [-0.05, 0) is 39.9 Å². The predicted octanol–water partition coefficient (Wildman–Crippen LogP) is 2.37. The Kier molecular flexibility index (Phi) is 5.28. The van der Waals surface area contributed by atoms with Gasteiger partial charge in [0.15, 0.2) is 0 Å². The second-order valence-corrected chi connectivity index (χ2v) is 6.00. The molecule has 1 atom stereocenters. The first-order chi connectivity index (χ1) is 8.36. The number of nitrogens with zero attached hydrogens (tertiary/aromatic N) is 1. The van der Waals surface area contributed by atoms with Crippen LogP contribution in [0.3, 0.4) is 0 Å². The Hall–Kier alpha value is -0.940. The van der Waals surface area contributed by atoms with Crippen molar-refractivity contribution in [3.63, 3.8) is 0 Å². The third-order valence-electron chi connectivity index (χ3n) is 2.77. The number of aliphatic hydroxyl groups excluding tert-OH is 1. The van der Waals surface area contributed by atoms with Crippen LogP contribution in [0.15, 0.2) is 22.9 Å². The number of aliphatic hydroxyl groups is 1. The van der Waals surface area contributed by atoms with Crippen molar-refractivity contribution < 1.29 is 9.90 Å². The fourth-order valence-corrected chi connectivity index (χ4v) is 2.07. The van der Waals surface area contributed by atoms with Gasteiger partial charge in [0.2, 0.25) is 0 Å². The number of carbonyl (C=O) groups is 1. The SMILES string of the molecule is CC(C)(C)C(CCO)NC(=O)c1cccnc1Br. The van der Waals surface area contributed by atoms with Gasteiger partial charge in [-0.2, -0.15) is 0 Å². The molecule has 100 valence electrons. The van der Waals surface area contributed by atoms with Gasteiger partial charge < -0.3 is 10.4 Å². The van der Waals surface area contributed by atoms with Gasteiger partial charge in [-0.15, -0.1) is 0 Å². The van der Waals surface area contributed by atoms with E-state index in [2.05, 4.69) is 26.2 Å². The van der Waals surface area contributed by atoms with E-state index in [1.807, 2.05) is 20.8 Å². The standard InChI is InChI=1S/C13H19BrN2O2/c1-13(2,3)10(6-8-17)16-12(18)9-5-4-7-15-11(9)14/h4-5,7,10,17H,6,8H2,1-3H3,(H,16,18). The van der Waals surface area contributed by atoms with Crippen molar-refractivity contribution in [1.82, 2.24) is 10.3 Å². The van der Waals surface area contributed by atoms with Crippen LogP contribution in [-0.2, 0) is 0 Å². The highest BCUT2D eigenvalue weighted by molar-refractivity contribution is 9.10. The fraction of sp³-hybridized carbons (Fsp3) is 0.538. The van der Waals surface area contributed by atoms with Gasteiger partial charge in [-0.1, -0.05) is 20.8 Å². The lowest BCUT2D eigenvalue weighted by molar-refractivity contribution is 0.0884. The van der Waals surface area contributed by atoms with Crippen LogP contribution in [0.5, 0.6) is 0 Å². The molecule has 0 aliphatic rings. The van der Waals surface area contributed by atoms with Gasteiger partial charge >= 0.3 is 0 Å². The molecule has 18 heavy (non-hydrogen) atoms. The van der Waals surface area contributed by atoms with Crippen molar-refractivity contribution in [1.29, 1.82) is 0 Å². The summed E-state index contributed by atoms with van der Waals surface area (Å²) >= 11 is 3.25. The van der Waals surface area contributed by atoms with Crippen LogP contribution in [-0.4, -0.2) is 28.6 Å². The van der Waals surface area contributed by atoms with Crippen LogP contribution in [0.4, 0.5) is 0 Å². The zero-order valence-electron chi connectivity index (χ0n) is 10.9. The summed E-state index contributed by atoms with van der Waals surface area (Å²) in [7, 11) is 0. The van der Waals surface area contributed by atoms with E-state index < -0.39 is 0 Å². The molecule has 1 aromatic rings. The number of hydrogen-bond donors (Lipinski definition) is 2. The van der Waals surface area contributed by atoms with Crippen molar-refractivity contribution in [3.8, 4) is 0 Å². The molecule has 1 aromatic heterocycles. The third-order valence-corrected chi connectivity index (χ3v) is 3.40. The number of pyridine rings is 1. The van der Waals surface area contributed by atoms with E-state index in [9.17, 15) is 4.79 Å². The molecule has 1 rings (SSSR count). The Bertz CT molecular complexity index is 416. The second kappa shape index (κ2) is 6.29. The Balaban J connectivity index is 2.82.